The second-order valence-corrected chi connectivity index (χ2v) is 8.76. The molecule has 2 aromatic carbocycles. The maximum absolute atomic E-state index is 2.46. The van der Waals surface area contributed by atoms with Crippen LogP contribution in [0.4, 0.5) is 0 Å². The normalized spacial score (nSPS) is 19.6. The zero-order valence-electron chi connectivity index (χ0n) is 14.6. The molecule has 0 spiro atoms. The molecule has 0 radical (unpaired) electrons. The van der Waals surface area contributed by atoms with Crippen LogP contribution in [0.2, 0.25) is 0 Å². The molecule has 0 aromatic heterocycles. The van der Waals surface area contributed by atoms with Gasteiger partial charge < -0.3 is 24.8 Å². The van der Waals surface area contributed by atoms with Crippen LogP contribution in [0.3, 0.4) is 0 Å². The van der Waals surface area contributed by atoms with Gasteiger partial charge in [-0.15, -0.1) is 0 Å². The van der Waals surface area contributed by atoms with E-state index >= 15 is 0 Å². The van der Waals surface area contributed by atoms with Crippen LogP contribution in [0, 0.1) is 0 Å². The van der Waals surface area contributed by atoms with Gasteiger partial charge in [0, 0.05) is 0 Å². The van der Waals surface area contributed by atoms with Gasteiger partial charge in [-0.1, -0.05) is 0 Å². The number of hydrogen-bond donors (Lipinski definition) is 0. The van der Waals surface area contributed by atoms with E-state index in [1.54, 1.807) is 22.3 Å². The molecule has 2 aliphatic carbocycles. The van der Waals surface area contributed by atoms with Gasteiger partial charge in [0.1, 0.15) is 0 Å². The molecule has 0 nitrogen and oxygen atoms in total. The van der Waals surface area contributed by atoms with Crippen LogP contribution in [0.5, 0.6) is 0 Å². The van der Waals surface area contributed by atoms with Crippen molar-refractivity contribution in [2.45, 2.75) is 35.1 Å². The fraction of sp³-hybridized carbons (Fsp3) is 0.273. The molecule has 0 heterocycles. The van der Waals surface area contributed by atoms with Crippen LogP contribution < -0.4 is 24.8 Å². The molecule has 4 rings (SSSR count). The minimum Gasteiger partial charge on any atom is -1.00 e. The quantitative estimate of drug-likeness (QED) is 0.637. The van der Waals surface area contributed by atoms with Crippen molar-refractivity contribution in [2.75, 3.05) is 0 Å². The molecule has 2 unspecified atom stereocenters. The van der Waals surface area contributed by atoms with Gasteiger partial charge in [-0.3, -0.25) is 0 Å². The zero-order chi connectivity index (χ0) is 15.8. The minimum absolute atomic E-state index is 0. The van der Waals surface area contributed by atoms with Gasteiger partial charge in [0.05, 0.1) is 0 Å². The molecule has 0 N–H and O–H groups in total. The summed E-state index contributed by atoms with van der Waals surface area (Å²) in [6.45, 7) is 4.63. The first-order valence-corrected chi connectivity index (χ1v) is 10.5. The first kappa shape index (κ1) is 20.5. The third-order valence-corrected chi connectivity index (χ3v) is 8.36. The number of fused-ring (bicyclic) bond motifs is 2. The Hall–Kier alpha value is -0.786. The van der Waals surface area contributed by atoms with E-state index in [0.717, 1.165) is 0 Å². The van der Waals surface area contributed by atoms with E-state index in [9.17, 15) is 0 Å². The van der Waals surface area contributed by atoms with Crippen LogP contribution in [-0.4, -0.2) is 0 Å². The van der Waals surface area contributed by atoms with E-state index in [1.165, 1.54) is 24.0 Å². The van der Waals surface area contributed by atoms with Gasteiger partial charge in [-0.2, -0.15) is 0 Å². The van der Waals surface area contributed by atoms with Crippen LogP contribution in [0.25, 0.3) is 12.2 Å². The van der Waals surface area contributed by atoms with E-state index in [4.69, 9.17) is 0 Å². The van der Waals surface area contributed by atoms with E-state index in [0.29, 0.717) is 8.45 Å². The van der Waals surface area contributed by atoms with Crippen molar-refractivity contribution in [1.82, 2.24) is 0 Å². The molecule has 0 saturated carbocycles. The summed E-state index contributed by atoms with van der Waals surface area (Å²) in [4.78, 5) is 0. The summed E-state index contributed by atoms with van der Waals surface area (Å²) in [6, 6.07) is 18.1. The van der Waals surface area contributed by atoms with Crippen molar-refractivity contribution in [1.29, 1.82) is 0 Å². The summed E-state index contributed by atoms with van der Waals surface area (Å²) in [5.74, 6) is 0. The molecule has 3 heteroatoms. The van der Waals surface area contributed by atoms with Crippen molar-refractivity contribution < 1.29 is 44.0 Å². The van der Waals surface area contributed by atoms with Crippen LogP contribution in [0.15, 0.2) is 59.7 Å². The second-order valence-electron chi connectivity index (χ2n) is 6.44. The van der Waals surface area contributed by atoms with Crippen molar-refractivity contribution in [3.8, 4) is 0 Å². The fourth-order valence-corrected chi connectivity index (χ4v) is 7.42. The molecule has 128 valence electrons. The molecule has 2 atom stereocenters. The first-order chi connectivity index (χ1) is 11.3. The van der Waals surface area contributed by atoms with Gasteiger partial charge in [-0.25, -0.2) is 0 Å². The van der Waals surface area contributed by atoms with Crippen molar-refractivity contribution in [3.05, 3.63) is 81.9 Å². The topological polar surface area (TPSA) is 0 Å². The molecule has 0 aliphatic heterocycles. The number of halogens is 2. The van der Waals surface area contributed by atoms with Gasteiger partial charge in [-0.05, 0) is 0 Å². The van der Waals surface area contributed by atoms with E-state index in [1.807, 2.05) is 0 Å². The summed E-state index contributed by atoms with van der Waals surface area (Å²) >= 11 is -0.154. The predicted molar refractivity (Wildman–Crippen MR) is 94.9 cm³/mol. The van der Waals surface area contributed by atoms with Gasteiger partial charge in [0.25, 0.3) is 0 Å². The Bertz CT molecular complexity index is 740. The van der Waals surface area contributed by atoms with Crippen LogP contribution >= 0.6 is 0 Å². The monoisotopic (exact) mass is 404 g/mol. The predicted octanol–water partition coefficient (Wildman–Crippen LogP) is 0.174. The van der Waals surface area contributed by atoms with Crippen LogP contribution in [-0.2, 0) is 19.2 Å². The Balaban J connectivity index is 0.00000113. The Kier molecular flexibility index (Phi) is 7.17. The SMILES string of the molecule is CCC1=Cc2ccccc2[CH]1[Ti+2][CH]1C(CC)=Cc2ccccc21.[Cl-].[Cl-]. The molecule has 25 heavy (non-hydrogen) atoms. The molecule has 0 fully saturated rings. The van der Waals surface area contributed by atoms with Crippen molar-refractivity contribution >= 4 is 12.2 Å². The smallest absolute Gasteiger partial charge is 1.00 e. The summed E-state index contributed by atoms with van der Waals surface area (Å²) in [5, 5.41) is 0. The molecule has 0 bridgehead atoms. The largest absolute Gasteiger partial charge is 1.00 e. The number of benzene rings is 2. The average Bonchev–Trinajstić information content (AvgIpc) is 3.14. The maximum atomic E-state index is 2.46. The molecular weight excluding hydrogens is 383 g/mol. The maximum Gasteiger partial charge on any atom is -1.00 e. The number of rotatable bonds is 4. The molecule has 0 amide bonds. The van der Waals surface area contributed by atoms with E-state index in [2.05, 4.69) is 74.5 Å². The first-order valence-electron chi connectivity index (χ1n) is 8.66. The summed E-state index contributed by atoms with van der Waals surface area (Å²) in [5.41, 5.74) is 9.42. The summed E-state index contributed by atoms with van der Waals surface area (Å²) in [6.07, 6.45) is 7.28. The Morgan fingerprint density at radius 1 is 0.680 bits per heavy atom. The third kappa shape index (κ3) is 3.69. The number of allylic oxidation sites excluding steroid dienone is 2. The van der Waals surface area contributed by atoms with E-state index < -0.39 is 0 Å². The summed E-state index contributed by atoms with van der Waals surface area (Å²) in [7, 11) is 0. The van der Waals surface area contributed by atoms with Gasteiger partial charge in [0.2, 0.25) is 0 Å². The molecule has 0 saturated heterocycles. The molecule has 2 aromatic rings. The fourth-order valence-electron chi connectivity index (χ4n) is 3.95. The van der Waals surface area contributed by atoms with Crippen molar-refractivity contribution in [3.63, 3.8) is 0 Å². The third-order valence-electron chi connectivity index (χ3n) is 5.19. The minimum atomic E-state index is -0.154. The second kappa shape index (κ2) is 8.73. The molecular formula is C22H22Cl2Ti. The summed E-state index contributed by atoms with van der Waals surface area (Å²) < 4.78 is 1.42. The average molecular weight is 405 g/mol. The number of hydrogen-bond acceptors (Lipinski definition) is 0. The van der Waals surface area contributed by atoms with Crippen LogP contribution in [0.1, 0.15) is 57.4 Å². The van der Waals surface area contributed by atoms with Crippen molar-refractivity contribution in [2.24, 2.45) is 0 Å². The van der Waals surface area contributed by atoms with Gasteiger partial charge in [0.15, 0.2) is 0 Å². The molecule has 2 aliphatic rings. The Morgan fingerprint density at radius 3 is 1.48 bits per heavy atom. The Morgan fingerprint density at radius 2 is 1.08 bits per heavy atom. The van der Waals surface area contributed by atoms with E-state index in [-0.39, 0.29) is 44.0 Å². The zero-order valence-corrected chi connectivity index (χ0v) is 17.7. The Labute approximate surface area is 172 Å². The standard InChI is InChI=1S/2C11H11.2ClH.Ti/c2*1-2-9-7-10-5-3-4-6-11(10)8-9;;;/h2*3-8H,2H2,1H3;2*1H;/q;;;;+2/p-2. The van der Waals surface area contributed by atoms with Gasteiger partial charge >= 0.3 is 148 Å².